The lowest BCUT2D eigenvalue weighted by atomic mass is 9.94. The lowest BCUT2D eigenvalue weighted by Gasteiger charge is -2.13. The highest BCUT2D eigenvalue weighted by Crippen LogP contribution is 2.22. The van der Waals surface area contributed by atoms with Crippen LogP contribution in [0.25, 0.3) is 0 Å². The fourth-order valence-electron chi connectivity index (χ4n) is 3.32. The molecule has 1 amide bonds. The summed E-state index contributed by atoms with van der Waals surface area (Å²) in [5.41, 5.74) is 3.10. The van der Waals surface area contributed by atoms with E-state index in [4.69, 9.17) is 4.74 Å². The Morgan fingerprint density at radius 1 is 0.969 bits per heavy atom. The molecule has 0 saturated heterocycles. The van der Waals surface area contributed by atoms with Crippen molar-refractivity contribution in [2.24, 2.45) is 5.92 Å². The van der Waals surface area contributed by atoms with Crippen molar-refractivity contribution in [3.63, 3.8) is 0 Å². The second-order valence-electron chi connectivity index (χ2n) is 7.68. The number of aryl methyl sites for hydroxylation is 1. The molecule has 6 heteroatoms. The molecule has 166 valence electrons. The Labute approximate surface area is 186 Å². The van der Waals surface area contributed by atoms with Gasteiger partial charge in [-0.05, 0) is 78.9 Å². The van der Waals surface area contributed by atoms with Crippen molar-refractivity contribution in [3.05, 3.63) is 94.8 Å². The van der Waals surface area contributed by atoms with Crippen LogP contribution in [0.1, 0.15) is 40.4 Å². The van der Waals surface area contributed by atoms with Crippen LogP contribution >= 0.6 is 0 Å². The van der Waals surface area contributed by atoms with Gasteiger partial charge in [-0.3, -0.25) is 9.59 Å². The minimum Gasteiger partial charge on any atom is -0.481 e. The average Bonchev–Trinajstić information content (AvgIpc) is 2.79. The highest BCUT2D eigenvalue weighted by atomic mass is 19.1. The molecule has 0 spiro atoms. The zero-order valence-corrected chi connectivity index (χ0v) is 18.1. The summed E-state index contributed by atoms with van der Waals surface area (Å²) in [5.74, 6) is -0.680. The van der Waals surface area contributed by atoms with E-state index in [-0.39, 0.29) is 11.7 Å². The first-order valence-corrected chi connectivity index (χ1v) is 10.5. The van der Waals surface area contributed by atoms with Gasteiger partial charge in [0.2, 0.25) is 0 Å². The Morgan fingerprint density at radius 2 is 1.56 bits per heavy atom. The van der Waals surface area contributed by atoms with Gasteiger partial charge in [-0.2, -0.15) is 0 Å². The van der Waals surface area contributed by atoms with E-state index in [9.17, 15) is 19.1 Å². The van der Waals surface area contributed by atoms with Crippen LogP contribution in [0.5, 0.6) is 11.5 Å². The third-order valence-electron chi connectivity index (χ3n) is 5.30. The van der Waals surface area contributed by atoms with Crippen LogP contribution in [0.4, 0.5) is 4.39 Å². The van der Waals surface area contributed by atoms with Crippen LogP contribution in [0.15, 0.2) is 66.7 Å². The van der Waals surface area contributed by atoms with E-state index in [0.29, 0.717) is 36.4 Å². The lowest BCUT2D eigenvalue weighted by molar-refractivity contribution is -0.141. The molecule has 0 unspecified atom stereocenters. The van der Waals surface area contributed by atoms with E-state index < -0.39 is 11.9 Å². The fourth-order valence-corrected chi connectivity index (χ4v) is 3.32. The SMILES string of the molecule is CC[C@H](Cc1ccc(C)c(C(=O)NCc2ccc(Oc3ccc(F)cc3)cc2)c1)C(=O)O. The number of carbonyl (C=O) groups is 2. The Kier molecular flexibility index (Phi) is 7.60. The first-order valence-electron chi connectivity index (χ1n) is 10.5. The molecule has 1 atom stereocenters. The summed E-state index contributed by atoms with van der Waals surface area (Å²) in [4.78, 5) is 24.0. The summed E-state index contributed by atoms with van der Waals surface area (Å²) in [6.07, 6.45) is 0.924. The van der Waals surface area contributed by atoms with Gasteiger partial charge in [-0.25, -0.2) is 4.39 Å². The number of carboxylic acids is 1. The highest BCUT2D eigenvalue weighted by molar-refractivity contribution is 5.95. The van der Waals surface area contributed by atoms with Gasteiger partial charge in [0.1, 0.15) is 17.3 Å². The van der Waals surface area contributed by atoms with Crippen molar-refractivity contribution < 1.29 is 23.8 Å². The summed E-state index contributed by atoms with van der Waals surface area (Å²) in [6.45, 7) is 4.04. The number of hydrogen-bond acceptors (Lipinski definition) is 3. The predicted molar refractivity (Wildman–Crippen MR) is 120 cm³/mol. The largest absolute Gasteiger partial charge is 0.481 e. The number of nitrogens with one attached hydrogen (secondary N) is 1. The maximum atomic E-state index is 13.0. The molecule has 32 heavy (non-hydrogen) atoms. The van der Waals surface area contributed by atoms with Gasteiger partial charge in [-0.1, -0.05) is 31.2 Å². The number of benzene rings is 3. The van der Waals surface area contributed by atoms with Gasteiger partial charge in [0.15, 0.2) is 0 Å². The molecule has 0 fully saturated rings. The molecule has 5 nitrogen and oxygen atoms in total. The Balaban J connectivity index is 1.60. The summed E-state index contributed by atoms with van der Waals surface area (Å²) in [6, 6.07) is 18.5. The van der Waals surface area contributed by atoms with Crippen molar-refractivity contribution in [1.29, 1.82) is 0 Å². The first kappa shape index (κ1) is 23.0. The van der Waals surface area contributed by atoms with Crippen LogP contribution in [0.2, 0.25) is 0 Å². The second-order valence-corrected chi connectivity index (χ2v) is 7.68. The van der Waals surface area contributed by atoms with Crippen LogP contribution in [-0.4, -0.2) is 17.0 Å². The number of ether oxygens (including phenoxy) is 1. The van der Waals surface area contributed by atoms with Crippen molar-refractivity contribution in [3.8, 4) is 11.5 Å². The fraction of sp³-hybridized carbons (Fsp3) is 0.231. The second kappa shape index (κ2) is 10.6. The monoisotopic (exact) mass is 435 g/mol. The van der Waals surface area contributed by atoms with Crippen molar-refractivity contribution >= 4 is 11.9 Å². The lowest BCUT2D eigenvalue weighted by Crippen LogP contribution is -2.24. The van der Waals surface area contributed by atoms with Crippen molar-refractivity contribution in [2.45, 2.75) is 33.2 Å². The number of hydrogen-bond donors (Lipinski definition) is 2. The van der Waals surface area contributed by atoms with Crippen LogP contribution < -0.4 is 10.1 Å². The van der Waals surface area contributed by atoms with Crippen LogP contribution in [0.3, 0.4) is 0 Å². The van der Waals surface area contributed by atoms with Crippen LogP contribution in [0, 0.1) is 18.7 Å². The molecule has 3 aromatic rings. The Hall–Kier alpha value is -3.67. The maximum Gasteiger partial charge on any atom is 0.306 e. The number of carboxylic acid groups (broad SMARTS) is 1. The van der Waals surface area contributed by atoms with Gasteiger partial charge < -0.3 is 15.2 Å². The number of amides is 1. The van der Waals surface area contributed by atoms with Gasteiger partial charge in [0.25, 0.3) is 5.91 Å². The summed E-state index contributed by atoms with van der Waals surface area (Å²) < 4.78 is 18.7. The molecule has 3 rings (SSSR count). The molecule has 0 aliphatic rings. The number of aliphatic carboxylic acids is 1. The standard InChI is InChI=1S/C26H26FNO4/c1-3-20(26(30)31)14-19-5-4-17(2)24(15-19)25(29)28-16-18-6-10-22(11-7-18)32-23-12-8-21(27)9-13-23/h4-13,15,20H,3,14,16H2,1-2H3,(H,28,29)(H,30,31)/t20-/m1/s1. The quantitative estimate of drug-likeness (QED) is 0.465. The molecular formula is C26H26FNO4. The molecule has 0 saturated carbocycles. The molecule has 0 heterocycles. The molecule has 0 aliphatic carbocycles. The molecule has 0 bridgehead atoms. The van der Waals surface area contributed by atoms with Crippen molar-refractivity contribution in [2.75, 3.05) is 0 Å². The summed E-state index contributed by atoms with van der Waals surface area (Å²) >= 11 is 0. The summed E-state index contributed by atoms with van der Waals surface area (Å²) in [7, 11) is 0. The van der Waals surface area contributed by atoms with E-state index in [1.807, 2.05) is 38.1 Å². The number of halogens is 1. The maximum absolute atomic E-state index is 13.0. The van der Waals surface area contributed by atoms with Gasteiger partial charge in [0, 0.05) is 12.1 Å². The molecule has 3 aromatic carbocycles. The van der Waals surface area contributed by atoms with Gasteiger partial charge >= 0.3 is 5.97 Å². The topological polar surface area (TPSA) is 75.6 Å². The third-order valence-corrected chi connectivity index (χ3v) is 5.30. The van der Waals surface area contributed by atoms with Gasteiger partial charge in [-0.15, -0.1) is 0 Å². The Bertz CT molecular complexity index is 1080. The molecule has 0 aliphatic heterocycles. The molecule has 0 radical (unpaired) electrons. The number of rotatable bonds is 9. The molecule has 0 aromatic heterocycles. The minimum atomic E-state index is -0.828. The third kappa shape index (κ3) is 6.17. The normalized spacial score (nSPS) is 11.6. The van der Waals surface area contributed by atoms with E-state index in [2.05, 4.69) is 5.32 Å². The predicted octanol–water partition coefficient (Wildman–Crippen LogP) is 5.51. The minimum absolute atomic E-state index is 0.209. The highest BCUT2D eigenvalue weighted by Gasteiger charge is 2.17. The smallest absolute Gasteiger partial charge is 0.306 e. The van der Waals surface area contributed by atoms with E-state index >= 15 is 0 Å². The Morgan fingerprint density at radius 3 is 2.16 bits per heavy atom. The molecular weight excluding hydrogens is 409 g/mol. The van der Waals surface area contributed by atoms with Gasteiger partial charge in [0.05, 0.1) is 5.92 Å². The van der Waals surface area contributed by atoms with E-state index in [0.717, 1.165) is 16.7 Å². The zero-order valence-electron chi connectivity index (χ0n) is 18.1. The van der Waals surface area contributed by atoms with E-state index in [1.54, 1.807) is 30.3 Å². The van der Waals surface area contributed by atoms with Crippen molar-refractivity contribution in [1.82, 2.24) is 5.32 Å². The summed E-state index contributed by atoms with van der Waals surface area (Å²) in [5, 5.41) is 12.2. The average molecular weight is 435 g/mol. The van der Waals surface area contributed by atoms with E-state index in [1.165, 1.54) is 12.1 Å². The first-order chi connectivity index (χ1) is 15.4. The zero-order chi connectivity index (χ0) is 23.1. The molecule has 2 N–H and O–H groups in total. The van der Waals surface area contributed by atoms with Crippen LogP contribution in [-0.2, 0) is 17.8 Å². The number of carbonyl (C=O) groups excluding carboxylic acids is 1.